The third kappa shape index (κ3) is 3.44. The number of ether oxygens (including phenoxy) is 1. The number of imide groups is 1. The number of rotatable bonds is 6. The molecule has 0 radical (unpaired) electrons. The maximum absolute atomic E-state index is 12.6. The van der Waals surface area contributed by atoms with Crippen molar-refractivity contribution < 1.29 is 24.0 Å². The molecule has 0 atom stereocenters. The predicted molar refractivity (Wildman–Crippen MR) is 120 cm³/mol. The molecular weight excluding hydrogens is 464 g/mol. The summed E-state index contributed by atoms with van der Waals surface area (Å²) in [7, 11) is 1.58. The summed E-state index contributed by atoms with van der Waals surface area (Å²) < 4.78 is 6.73. The zero-order valence-corrected chi connectivity index (χ0v) is 18.2. The first-order valence-corrected chi connectivity index (χ1v) is 10.7. The quantitative estimate of drug-likeness (QED) is 0.252. The van der Waals surface area contributed by atoms with E-state index in [0.29, 0.717) is 15.6 Å². The third-order valence-corrected chi connectivity index (χ3v) is 6.01. The van der Waals surface area contributed by atoms with Crippen LogP contribution in [0.1, 0.15) is 20.7 Å². The number of benzene rings is 2. The highest BCUT2D eigenvalue weighted by molar-refractivity contribution is 7.15. The predicted octanol–water partition coefficient (Wildman–Crippen LogP) is 2.61. The van der Waals surface area contributed by atoms with E-state index in [1.807, 2.05) is 29.6 Å². The van der Waals surface area contributed by atoms with Gasteiger partial charge in [0.1, 0.15) is 17.9 Å². The molecule has 0 spiro atoms. The largest absolute Gasteiger partial charge is 0.497 e. The molecule has 0 aliphatic carbocycles. The molecule has 5 rings (SSSR count). The van der Waals surface area contributed by atoms with Crippen molar-refractivity contribution in [3.63, 3.8) is 0 Å². The van der Waals surface area contributed by atoms with Crippen LogP contribution in [0.5, 0.6) is 5.75 Å². The Labute approximate surface area is 194 Å². The fraction of sp³-hybridized carbons (Fsp3) is 0.0952. The monoisotopic (exact) mass is 478 g/mol. The van der Waals surface area contributed by atoms with Crippen LogP contribution in [0, 0.1) is 10.1 Å². The molecular formula is C21H14N6O6S. The van der Waals surface area contributed by atoms with Crippen LogP contribution < -0.4 is 10.1 Å². The van der Waals surface area contributed by atoms with Crippen LogP contribution in [0.25, 0.3) is 16.2 Å². The zero-order chi connectivity index (χ0) is 24.0. The van der Waals surface area contributed by atoms with Crippen LogP contribution in [0.4, 0.5) is 11.6 Å². The van der Waals surface area contributed by atoms with Crippen LogP contribution >= 0.6 is 11.3 Å². The molecule has 0 saturated heterocycles. The van der Waals surface area contributed by atoms with Gasteiger partial charge < -0.3 is 4.74 Å². The molecule has 1 aliphatic heterocycles. The Morgan fingerprint density at radius 3 is 2.65 bits per heavy atom. The summed E-state index contributed by atoms with van der Waals surface area (Å²) in [5.74, 6) is -1.70. The van der Waals surface area contributed by atoms with Gasteiger partial charge >= 0.3 is 0 Å². The average molecular weight is 478 g/mol. The van der Waals surface area contributed by atoms with E-state index in [1.165, 1.54) is 23.5 Å². The van der Waals surface area contributed by atoms with E-state index in [-0.39, 0.29) is 17.1 Å². The molecule has 2 aromatic carbocycles. The molecule has 3 amide bonds. The van der Waals surface area contributed by atoms with Crippen molar-refractivity contribution in [3.05, 3.63) is 69.1 Å². The van der Waals surface area contributed by atoms with Crippen molar-refractivity contribution >= 4 is 45.7 Å². The summed E-state index contributed by atoms with van der Waals surface area (Å²) in [6.07, 6.45) is 0. The molecule has 0 fully saturated rings. The molecule has 0 bridgehead atoms. The van der Waals surface area contributed by atoms with E-state index in [0.717, 1.165) is 17.3 Å². The Balaban J connectivity index is 1.34. The molecule has 3 heterocycles. The molecule has 1 aliphatic rings. The number of nitro groups is 1. The van der Waals surface area contributed by atoms with Crippen LogP contribution in [0.2, 0.25) is 0 Å². The number of hydrogen-bond donors (Lipinski definition) is 1. The Bertz CT molecular complexity index is 1490. The van der Waals surface area contributed by atoms with E-state index < -0.39 is 34.9 Å². The van der Waals surface area contributed by atoms with Gasteiger partial charge in [-0.1, -0.05) is 6.07 Å². The first kappa shape index (κ1) is 21.2. The molecule has 34 heavy (non-hydrogen) atoms. The van der Waals surface area contributed by atoms with Gasteiger partial charge in [-0.05, 0) is 30.3 Å². The number of aromatic nitrogens is 3. The number of thiazole rings is 1. The number of amides is 3. The van der Waals surface area contributed by atoms with Crippen molar-refractivity contribution in [2.45, 2.75) is 0 Å². The normalized spacial score (nSPS) is 12.8. The van der Waals surface area contributed by atoms with Gasteiger partial charge in [0.2, 0.25) is 10.9 Å². The summed E-state index contributed by atoms with van der Waals surface area (Å²) in [6, 6.07) is 11.1. The molecule has 2 aromatic heterocycles. The van der Waals surface area contributed by atoms with E-state index in [4.69, 9.17) is 4.74 Å². The van der Waals surface area contributed by atoms with Crippen LogP contribution in [0.3, 0.4) is 0 Å². The topological polar surface area (TPSA) is 149 Å². The van der Waals surface area contributed by atoms with Crippen molar-refractivity contribution in [3.8, 4) is 17.0 Å². The maximum Gasteiger partial charge on any atom is 0.282 e. The number of methoxy groups -OCH3 is 1. The molecule has 13 heteroatoms. The van der Waals surface area contributed by atoms with Gasteiger partial charge in [0.15, 0.2) is 0 Å². The van der Waals surface area contributed by atoms with Gasteiger partial charge in [-0.3, -0.25) is 34.7 Å². The first-order valence-electron chi connectivity index (χ1n) is 9.79. The van der Waals surface area contributed by atoms with Crippen molar-refractivity contribution in [2.24, 2.45) is 0 Å². The lowest BCUT2D eigenvalue weighted by molar-refractivity contribution is -0.385. The summed E-state index contributed by atoms with van der Waals surface area (Å²) in [5.41, 5.74) is 0.693. The number of hydrogen-bond acceptors (Lipinski definition) is 9. The number of carbonyl (C=O) groups excluding carboxylic acids is 3. The molecule has 0 unspecified atom stereocenters. The van der Waals surface area contributed by atoms with E-state index in [9.17, 15) is 24.5 Å². The van der Waals surface area contributed by atoms with Gasteiger partial charge in [0.05, 0.1) is 23.3 Å². The lowest BCUT2D eigenvalue weighted by atomic mass is 10.1. The number of nitrogens with zero attached hydrogens (tertiary/aromatic N) is 5. The Kier molecular flexibility index (Phi) is 5.02. The number of carbonyl (C=O) groups is 3. The number of fused-ring (bicyclic) bond motifs is 2. The van der Waals surface area contributed by atoms with Crippen LogP contribution in [-0.2, 0) is 4.79 Å². The summed E-state index contributed by atoms with van der Waals surface area (Å²) in [4.78, 5) is 53.7. The Morgan fingerprint density at radius 2 is 1.94 bits per heavy atom. The lowest BCUT2D eigenvalue weighted by Gasteiger charge is -2.12. The molecule has 1 N–H and O–H groups in total. The second-order valence-corrected chi connectivity index (χ2v) is 8.02. The fourth-order valence-corrected chi connectivity index (χ4v) is 4.44. The summed E-state index contributed by atoms with van der Waals surface area (Å²) >= 11 is 1.32. The Morgan fingerprint density at radius 1 is 1.18 bits per heavy atom. The number of nitrogens with one attached hydrogen (secondary N) is 1. The minimum atomic E-state index is -0.900. The summed E-state index contributed by atoms with van der Waals surface area (Å²) in [6.45, 7) is -0.637. The highest BCUT2D eigenvalue weighted by atomic mass is 32.1. The molecule has 170 valence electrons. The SMILES string of the molecule is COc1ccc(-c2csc3nc(NC(=O)CN4C(=O)c5cccc([N+](=O)[O-])c5C4=O)nn23)cc1. The minimum Gasteiger partial charge on any atom is -0.497 e. The highest BCUT2D eigenvalue weighted by Gasteiger charge is 2.41. The second kappa shape index (κ2) is 8.04. The molecule has 4 aromatic rings. The molecule has 12 nitrogen and oxygen atoms in total. The summed E-state index contributed by atoms with van der Waals surface area (Å²) in [5, 5.41) is 19.9. The number of anilines is 1. The zero-order valence-electron chi connectivity index (χ0n) is 17.4. The third-order valence-electron chi connectivity index (χ3n) is 5.19. The van der Waals surface area contributed by atoms with E-state index in [2.05, 4.69) is 15.4 Å². The van der Waals surface area contributed by atoms with Gasteiger partial charge in [-0.25, -0.2) is 4.52 Å². The minimum absolute atomic E-state index is 0.00537. The van der Waals surface area contributed by atoms with Crippen LogP contribution in [-0.4, -0.2) is 55.8 Å². The maximum atomic E-state index is 12.6. The van der Waals surface area contributed by atoms with Gasteiger partial charge in [0.25, 0.3) is 23.5 Å². The smallest absolute Gasteiger partial charge is 0.282 e. The average Bonchev–Trinajstić information content (AvgIpc) is 3.47. The van der Waals surface area contributed by atoms with Gasteiger partial charge in [-0.2, -0.15) is 4.98 Å². The van der Waals surface area contributed by atoms with E-state index in [1.54, 1.807) is 11.6 Å². The second-order valence-electron chi connectivity index (χ2n) is 7.18. The van der Waals surface area contributed by atoms with E-state index >= 15 is 0 Å². The lowest BCUT2D eigenvalue weighted by Crippen LogP contribution is -2.37. The number of nitro benzene ring substituents is 1. The molecule has 0 saturated carbocycles. The van der Waals surface area contributed by atoms with Crippen molar-refractivity contribution in [1.29, 1.82) is 0 Å². The highest BCUT2D eigenvalue weighted by Crippen LogP contribution is 2.31. The Hall–Kier alpha value is -4.65. The van der Waals surface area contributed by atoms with Gasteiger partial charge in [-0.15, -0.1) is 16.4 Å². The first-order chi connectivity index (χ1) is 16.4. The van der Waals surface area contributed by atoms with Crippen LogP contribution in [0.15, 0.2) is 47.8 Å². The van der Waals surface area contributed by atoms with Crippen molar-refractivity contribution in [2.75, 3.05) is 19.0 Å². The fourth-order valence-electron chi connectivity index (χ4n) is 3.61. The van der Waals surface area contributed by atoms with Crippen molar-refractivity contribution in [1.82, 2.24) is 19.5 Å². The standard InChI is InChI=1S/C21H14N6O6S/c1-33-12-7-5-11(6-8-12)15-10-34-21-23-20(24-26(15)21)22-16(28)9-25-18(29)13-3-2-4-14(27(31)32)17(13)19(25)30/h2-8,10H,9H2,1H3,(H,22,24,28). The van der Waals surface area contributed by atoms with Gasteiger partial charge in [0, 0.05) is 17.0 Å².